The Morgan fingerprint density at radius 3 is 1.62 bits per heavy atom. The van der Waals surface area contributed by atoms with Crippen LogP contribution in [0.25, 0.3) is 0 Å². The molecule has 2 atom stereocenters. The zero-order valence-electron chi connectivity index (χ0n) is 12.8. The van der Waals surface area contributed by atoms with Gasteiger partial charge < -0.3 is 10.0 Å². The van der Waals surface area contributed by atoms with Crippen molar-refractivity contribution in [2.24, 2.45) is 0 Å². The van der Waals surface area contributed by atoms with E-state index in [9.17, 15) is 5.11 Å². The maximum Gasteiger partial charge on any atom is 0.116 e. The largest absolute Gasteiger partial charge is 0.390 e. The first-order valence-corrected chi connectivity index (χ1v) is 7.72. The summed E-state index contributed by atoms with van der Waals surface area (Å²) >= 11 is 0. The molecule has 2 nitrogen and oxygen atoms in total. The standard InChI is InChI=1S/C19H23NO/c1-19(21)13-17(15-9-5-3-6-10-15)20(2)18(14-19)16-11-7-4-8-12-16/h3-12,17-18,21H,13-14H2,1-2H3/p+1/t17-,18-/m0/s1. The minimum absolute atomic E-state index is 0.333. The van der Waals surface area contributed by atoms with Crippen LogP contribution >= 0.6 is 0 Å². The fourth-order valence-electron chi connectivity index (χ4n) is 3.66. The van der Waals surface area contributed by atoms with Gasteiger partial charge in [0.1, 0.15) is 12.1 Å². The number of likely N-dealkylation sites (tertiary alicyclic amines) is 1. The Morgan fingerprint density at radius 2 is 1.24 bits per heavy atom. The molecular formula is C19H24NO+. The summed E-state index contributed by atoms with van der Waals surface area (Å²) in [7, 11) is 2.25. The number of hydrogen-bond donors (Lipinski definition) is 2. The van der Waals surface area contributed by atoms with Crippen molar-refractivity contribution in [1.29, 1.82) is 0 Å². The smallest absolute Gasteiger partial charge is 0.116 e. The van der Waals surface area contributed by atoms with Crippen molar-refractivity contribution in [2.45, 2.75) is 37.5 Å². The molecule has 1 aliphatic heterocycles. The number of piperidine rings is 1. The molecule has 0 amide bonds. The molecule has 1 aliphatic rings. The van der Waals surface area contributed by atoms with E-state index in [0.717, 1.165) is 12.8 Å². The van der Waals surface area contributed by atoms with E-state index < -0.39 is 5.60 Å². The maximum atomic E-state index is 10.7. The first-order valence-electron chi connectivity index (χ1n) is 7.72. The molecule has 0 bridgehead atoms. The third-order valence-electron chi connectivity index (χ3n) is 4.79. The molecule has 1 heterocycles. The van der Waals surface area contributed by atoms with Crippen molar-refractivity contribution in [2.75, 3.05) is 7.05 Å². The van der Waals surface area contributed by atoms with E-state index >= 15 is 0 Å². The summed E-state index contributed by atoms with van der Waals surface area (Å²) in [6.07, 6.45) is 1.62. The van der Waals surface area contributed by atoms with Gasteiger partial charge >= 0.3 is 0 Å². The number of rotatable bonds is 2. The van der Waals surface area contributed by atoms with E-state index in [1.54, 1.807) is 0 Å². The highest BCUT2D eigenvalue weighted by Gasteiger charge is 2.43. The SMILES string of the molecule is C[NH+]1[C@H](c2ccccc2)CC(C)(O)C[C@H]1c1ccccc1. The fourth-order valence-corrected chi connectivity index (χ4v) is 3.66. The summed E-state index contributed by atoms with van der Waals surface area (Å²) in [4.78, 5) is 1.47. The first kappa shape index (κ1) is 14.3. The summed E-state index contributed by atoms with van der Waals surface area (Å²) in [5, 5.41) is 10.7. The lowest BCUT2D eigenvalue weighted by molar-refractivity contribution is -0.952. The van der Waals surface area contributed by atoms with Crippen LogP contribution in [0.2, 0.25) is 0 Å². The first-order chi connectivity index (χ1) is 10.1. The predicted octanol–water partition coefficient (Wildman–Crippen LogP) is 2.53. The van der Waals surface area contributed by atoms with Crippen LogP contribution in [0.15, 0.2) is 60.7 Å². The van der Waals surface area contributed by atoms with E-state index in [1.165, 1.54) is 16.0 Å². The lowest BCUT2D eigenvalue weighted by Gasteiger charge is -2.43. The van der Waals surface area contributed by atoms with Crippen LogP contribution in [0.5, 0.6) is 0 Å². The van der Waals surface area contributed by atoms with Gasteiger partial charge in [-0.15, -0.1) is 0 Å². The Labute approximate surface area is 127 Å². The van der Waals surface area contributed by atoms with Crippen LogP contribution in [0.4, 0.5) is 0 Å². The third kappa shape index (κ3) is 3.02. The van der Waals surface area contributed by atoms with E-state index in [0.29, 0.717) is 12.1 Å². The van der Waals surface area contributed by atoms with Crippen LogP contribution in [-0.2, 0) is 0 Å². The highest BCUT2D eigenvalue weighted by molar-refractivity contribution is 5.21. The summed E-state index contributed by atoms with van der Waals surface area (Å²) < 4.78 is 0. The Morgan fingerprint density at radius 1 is 0.857 bits per heavy atom. The molecule has 2 heteroatoms. The maximum absolute atomic E-state index is 10.7. The van der Waals surface area contributed by atoms with E-state index in [1.807, 2.05) is 6.92 Å². The van der Waals surface area contributed by atoms with Crippen molar-refractivity contribution in [1.82, 2.24) is 0 Å². The average Bonchev–Trinajstić information content (AvgIpc) is 2.51. The van der Waals surface area contributed by atoms with Crippen LogP contribution in [-0.4, -0.2) is 17.8 Å². The van der Waals surface area contributed by atoms with Crippen LogP contribution < -0.4 is 4.90 Å². The molecule has 0 spiro atoms. The van der Waals surface area contributed by atoms with Gasteiger partial charge in [-0.3, -0.25) is 0 Å². The van der Waals surface area contributed by atoms with Crippen molar-refractivity contribution in [3.8, 4) is 0 Å². The van der Waals surface area contributed by atoms with Crippen LogP contribution in [0, 0.1) is 0 Å². The summed E-state index contributed by atoms with van der Waals surface area (Å²) in [5.41, 5.74) is 2.02. The Balaban J connectivity index is 1.95. The van der Waals surface area contributed by atoms with Gasteiger partial charge in [-0.1, -0.05) is 60.7 Å². The van der Waals surface area contributed by atoms with Crippen molar-refractivity contribution >= 4 is 0 Å². The Hall–Kier alpha value is -1.64. The molecule has 0 saturated carbocycles. The Bertz CT molecular complexity index is 528. The number of benzene rings is 2. The molecule has 2 N–H and O–H groups in total. The lowest BCUT2D eigenvalue weighted by atomic mass is 9.79. The second-order valence-electron chi connectivity index (χ2n) is 6.58. The van der Waals surface area contributed by atoms with Gasteiger partial charge in [0.25, 0.3) is 0 Å². The normalized spacial score (nSPS) is 32.8. The lowest BCUT2D eigenvalue weighted by Crippen LogP contribution is -3.11. The molecule has 1 fully saturated rings. The molecule has 0 aliphatic carbocycles. The molecule has 110 valence electrons. The molecule has 0 aromatic heterocycles. The molecule has 21 heavy (non-hydrogen) atoms. The highest BCUT2D eigenvalue weighted by Crippen LogP contribution is 2.34. The minimum Gasteiger partial charge on any atom is -0.390 e. The van der Waals surface area contributed by atoms with Gasteiger partial charge in [0.2, 0.25) is 0 Å². The van der Waals surface area contributed by atoms with Crippen molar-refractivity contribution < 1.29 is 10.0 Å². The molecule has 3 rings (SSSR count). The van der Waals surface area contributed by atoms with Gasteiger partial charge in [-0.2, -0.15) is 0 Å². The predicted molar refractivity (Wildman–Crippen MR) is 85.1 cm³/mol. The quantitative estimate of drug-likeness (QED) is 0.869. The summed E-state index contributed by atoms with van der Waals surface area (Å²) in [6, 6.07) is 21.8. The molecule has 0 radical (unpaired) electrons. The minimum atomic E-state index is -0.611. The monoisotopic (exact) mass is 282 g/mol. The zero-order valence-corrected chi connectivity index (χ0v) is 12.8. The van der Waals surface area contributed by atoms with Crippen molar-refractivity contribution in [3.63, 3.8) is 0 Å². The van der Waals surface area contributed by atoms with E-state index in [4.69, 9.17) is 0 Å². The van der Waals surface area contributed by atoms with Crippen molar-refractivity contribution in [3.05, 3.63) is 71.8 Å². The van der Waals surface area contributed by atoms with Crippen LogP contribution in [0.3, 0.4) is 0 Å². The molecule has 1 saturated heterocycles. The van der Waals surface area contributed by atoms with Gasteiger partial charge in [0.15, 0.2) is 0 Å². The molecule has 2 aromatic carbocycles. The number of quaternary nitrogens is 1. The fraction of sp³-hybridized carbons (Fsp3) is 0.368. The number of hydrogen-bond acceptors (Lipinski definition) is 1. The Kier molecular flexibility index (Phi) is 3.83. The summed E-state index contributed by atoms with van der Waals surface area (Å²) in [5.74, 6) is 0. The molecule has 0 unspecified atom stereocenters. The number of aliphatic hydroxyl groups is 1. The third-order valence-corrected chi connectivity index (χ3v) is 4.79. The van der Waals surface area contributed by atoms with E-state index in [-0.39, 0.29) is 0 Å². The molecule has 2 aromatic rings. The van der Waals surface area contributed by atoms with Gasteiger partial charge in [0.05, 0.1) is 12.6 Å². The summed E-state index contributed by atoms with van der Waals surface area (Å²) in [6.45, 7) is 1.98. The highest BCUT2D eigenvalue weighted by atomic mass is 16.3. The van der Waals surface area contributed by atoms with Crippen LogP contribution in [0.1, 0.15) is 43.0 Å². The number of nitrogens with one attached hydrogen (secondary N) is 1. The zero-order chi connectivity index (χ0) is 14.9. The second-order valence-corrected chi connectivity index (χ2v) is 6.58. The van der Waals surface area contributed by atoms with Gasteiger partial charge in [-0.25, -0.2) is 0 Å². The van der Waals surface area contributed by atoms with E-state index in [2.05, 4.69) is 67.7 Å². The average molecular weight is 282 g/mol. The topological polar surface area (TPSA) is 24.7 Å². The second kappa shape index (κ2) is 5.63. The van der Waals surface area contributed by atoms with Gasteiger partial charge in [-0.05, 0) is 6.92 Å². The van der Waals surface area contributed by atoms with Gasteiger partial charge in [0, 0.05) is 24.0 Å². The molecular weight excluding hydrogens is 258 g/mol.